The van der Waals surface area contributed by atoms with Crippen LogP contribution in [0.2, 0.25) is 4.34 Å². The summed E-state index contributed by atoms with van der Waals surface area (Å²) in [5.41, 5.74) is -0.652. The first-order chi connectivity index (χ1) is 10.7. The fraction of sp³-hybridized carbons (Fsp3) is 0.267. The minimum absolute atomic E-state index is 0.136. The molecular formula is C15H15ClF3N2OS+. The van der Waals surface area contributed by atoms with Gasteiger partial charge in [-0.25, -0.2) is 0 Å². The Bertz CT molecular complexity index is 687. The summed E-state index contributed by atoms with van der Waals surface area (Å²) in [5.74, 6) is -0.343. The van der Waals surface area contributed by atoms with Crippen LogP contribution in [-0.2, 0) is 17.5 Å². The first-order valence-electron chi connectivity index (χ1n) is 6.76. The van der Waals surface area contributed by atoms with Crippen LogP contribution in [0.5, 0.6) is 0 Å². The van der Waals surface area contributed by atoms with Gasteiger partial charge in [0.05, 0.1) is 21.8 Å². The molecule has 3 nitrogen and oxygen atoms in total. The number of halogens is 4. The zero-order valence-corrected chi connectivity index (χ0v) is 13.8. The van der Waals surface area contributed by atoms with Crippen molar-refractivity contribution in [1.82, 2.24) is 0 Å². The normalized spacial score (nSPS) is 12.9. The third kappa shape index (κ3) is 5.53. The summed E-state index contributed by atoms with van der Waals surface area (Å²) in [6.07, 6.45) is -4.43. The number of benzene rings is 1. The predicted octanol–water partition coefficient (Wildman–Crippen LogP) is 3.07. The van der Waals surface area contributed by atoms with E-state index in [1.165, 1.54) is 23.5 Å². The largest absolute Gasteiger partial charge is 0.416 e. The molecule has 2 aromatic rings. The molecule has 2 rings (SSSR count). The van der Waals surface area contributed by atoms with Gasteiger partial charge in [-0.2, -0.15) is 13.2 Å². The summed E-state index contributed by atoms with van der Waals surface area (Å²) < 4.78 is 38.6. The lowest BCUT2D eigenvalue weighted by molar-refractivity contribution is -0.884. The van der Waals surface area contributed by atoms with Gasteiger partial charge in [-0.3, -0.25) is 4.79 Å². The standard InChI is InChI=1S/C15H14ClF3N2OS/c1-21(8-12-5-6-13(16)23-12)9-14(22)20-11-4-2-3-10(7-11)15(17,18)19/h2-7H,8-9H2,1H3,(H,20,22)/p+1. The smallest absolute Gasteiger partial charge is 0.325 e. The van der Waals surface area contributed by atoms with Gasteiger partial charge in [0.2, 0.25) is 0 Å². The molecular weight excluding hydrogens is 349 g/mol. The molecule has 1 atom stereocenters. The van der Waals surface area contributed by atoms with Gasteiger partial charge in [-0.05, 0) is 30.3 Å². The second kappa shape index (κ2) is 7.33. The van der Waals surface area contributed by atoms with E-state index in [1.54, 1.807) is 6.07 Å². The maximum Gasteiger partial charge on any atom is 0.416 e. The quantitative estimate of drug-likeness (QED) is 0.841. The highest BCUT2D eigenvalue weighted by Crippen LogP contribution is 2.30. The Labute approximate surface area is 140 Å². The Morgan fingerprint density at radius 3 is 2.65 bits per heavy atom. The third-order valence-corrected chi connectivity index (χ3v) is 4.27. The molecule has 1 aromatic heterocycles. The molecule has 1 amide bonds. The van der Waals surface area contributed by atoms with Crippen molar-refractivity contribution in [3.63, 3.8) is 0 Å². The van der Waals surface area contributed by atoms with E-state index in [0.29, 0.717) is 10.9 Å². The van der Waals surface area contributed by atoms with Crippen molar-refractivity contribution in [2.45, 2.75) is 12.7 Å². The number of thiophene rings is 1. The summed E-state index contributed by atoms with van der Waals surface area (Å²) in [5, 5.41) is 2.49. The molecule has 0 aliphatic heterocycles. The summed E-state index contributed by atoms with van der Waals surface area (Å²) in [4.78, 5) is 13.9. The number of quaternary nitrogens is 1. The second-order valence-corrected chi connectivity index (χ2v) is 6.94. The van der Waals surface area contributed by atoms with E-state index in [-0.39, 0.29) is 18.1 Å². The first-order valence-corrected chi connectivity index (χ1v) is 7.96. The van der Waals surface area contributed by atoms with Gasteiger partial charge in [0.25, 0.3) is 5.91 Å². The van der Waals surface area contributed by atoms with Crippen LogP contribution in [-0.4, -0.2) is 19.5 Å². The Hall–Kier alpha value is -1.57. The van der Waals surface area contributed by atoms with Crippen LogP contribution in [0.15, 0.2) is 36.4 Å². The van der Waals surface area contributed by atoms with Gasteiger partial charge in [0, 0.05) is 5.69 Å². The Balaban J connectivity index is 1.91. The van der Waals surface area contributed by atoms with E-state index in [2.05, 4.69) is 5.32 Å². The Morgan fingerprint density at radius 1 is 1.30 bits per heavy atom. The molecule has 1 heterocycles. The zero-order valence-electron chi connectivity index (χ0n) is 12.2. The van der Waals surface area contributed by atoms with Crippen LogP contribution in [0, 0.1) is 0 Å². The molecule has 0 radical (unpaired) electrons. The lowest BCUT2D eigenvalue weighted by atomic mass is 10.2. The van der Waals surface area contributed by atoms with Crippen LogP contribution in [0.1, 0.15) is 10.4 Å². The Morgan fingerprint density at radius 2 is 2.04 bits per heavy atom. The number of anilines is 1. The molecule has 2 N–H and O–H groups in total. The lowest BCUT2D eigenvalue weighted by Crippen LogP contribution is -3.08. The van der Waals surface area contributed by atoms with Crippen molar-refractivity contribution < 1.29 is 22.9 Å². The van der Waals surface area contributed by atoms with Crippen LogP contribution in [0.25, 0.3) is 0 Å². The SMILES string of the molecule is C[NH+](CC(=O)Nc1cccc(C(F)(F)F)c1)Cc1ccc(Cl)s1. The van der Waals surface area contributed by atoms with Gasteiger partial charge in [-0.1, -0.05) is 17.7 Å². The highest BCUT2D eigenvalue weighted by Gasteiger charge is 2.30. The molecule has 0 spiro atoms. The predicted molar refractivity (Wildman–Crippen MR) is 84.9 cm³/mol. The molecule has 0 aliphatic rings. The molecule has 0 saturated heterocycles. The number of amides is 1. The second-order valence-electron chi connectivity index (χ2n) is 5.14. The van der Waals surface area contributed by atoms with Crippen LogP contribution < -0.4 is 10.2 Å². The van der Waals surface area contributed by atoms with E-state index in [0.717, 1.165) is 21.9 Å². The average Bonchev–Trinajstić information content (AvgIpc) is 2.83. The van der Waals surface area contributed by atoms with E-state index in [1.807, 2.05) is 13.1 Å². The van der Waals surface area contributed by atoms with Crippen LogP contribution in [0.4, 0.5) is 18.9 Å². The number of carbonyl (C=O) groups is 1. The van der Waals surface area contributed by atoms with E-state index < -0.39 is 11.7 Å². The van der Waals surface area contributed by atoms with Crippen LogP contribution in [0.3, 0.4) is 0 Å². The highest BCUT2D eigenvalue weighted by atomic mass is 35.5. The number of likely N-dealkylation sites (N-methyl/N-ethyl adjacent to an activating group) is 1. The van der Waals surface area contributed by atoms with E-state index in [9.17, 15) is 18.0 Å². The molecule has 124 valence electrons. The molecule has 0 bridgehead atoms. The number of alkyl halides is 3. The zero-order chi connectivity index (χ0) is 17.0. The van der Waals surface area contributed by atoms with Crippen molar-refractivity contribution in [3.8, 4) is 0 Å². The summed E-state index contributed by atoms with van der Waals surface area (Å²) in [6, 6.07) is 8.27. The number of rotatable bonds is 5. The van der Waals surface area contributed by atoms with Crippen molar-refractivity contribution in [1.29, 1.82) is 0 Å². The number of carbonyl (C=O) groups excluding carboxylic acids is 1. The van der Waals surface area contributed by atoms with Crippen LogP contribution >= 0.6 is 22.9 Å². The molecule has 8 heteroatoms. The summed E-state index contributed by atoms with van der Waals surface area (Å²) in [6.45, 7) is 0.763. The van der Waals surface area contributed by atoms with E-state index >= 15 is 0 Å². The molecule has 0 aliphatic carbocycles. The summed E-state index contributed by atoms with van der Waals surface area (Å²) in [7, 11) is 1.83. The highest BCUT2D eigenvalue weighted by molar-refractivity contribution is 7.16. The van der Waals surface area contributed by atoms with Crippen molar-refractivity contribution in [2.24, 2.45) is 0 Å². The lowest BCUT2D eigenvalue weighted by Gasteiger charge is -2.13. The molecule has 23 heavy (non-hydrogen) atoms. The first kappa shape index (κ1) is 17.8. The molecule has 1 unspecified atom stereocenters. The van der Waals surface area contributed by atoms with Crippen molar-refractivity contribution in [2.75, 3.05) is 18.9 Å². The van der Waals surface area contributed by atoms with Gasteiger partial charge < -0.3 is 10.2 Å². The van der Waals surface area contributed by atoms with Gasteiger partial charge in [-0.15, -0.1) is 11.3 Å². The number of nitrogens with one attached hydrogen (secondary N) is 2. The maximum absolute atomic E-state index is 12.6. The maximum atomic E-state index is 12.6. The monoisotopic (exact) mass is 363 g/mol. The minimum Gasteiger partial charge on any atom is -0.325 e. The molecule has 1 aromatic carbocycles. The van der Waals surface area contributed by atoms with Crippen molar-refractivity contribution >= 4 is 34.5 Å². The summed E-state index contributed by atoms with van der Waals surface area (Å²) >= 11 is 7.29. The van der Waals surface area contributed by atoms with Gasteiger partial charge in [0.1, 0.15) is 6.54 Å². The topological polar surface area (TPSA) is 33.5 Å². The molecule has 0 saturated carbocycles. The molecule has 0 fully saturated rings. The average molecular weight is 364 g/mol. The fourth-order valence-electron chi connectivity index (χ4n) is 2.06. The number of hydrogen-bond acceptors (Lipinski definition) is 2. The van der Waals surface area contributed by atoms with Gasteiger partial charge in [0.15, 0.2) is 6.54 Å². The minimum atomic E-state index is -4.43. The Kier molecular flexibility index (Phi) is 5.67. The van der Waals surface area contributed by atoms with Crippen molar-refractivity contribution in [3.05, 3.63) is 51.2 Å². The number of hydrogen-bond donors (Lipinski definition) is 2. The van der Waals surface area contributed by atoms with E-state index in [4.69, 9.17) is 11.6 Å². The third-order valence-electron chi connectivity index (χ3n) is 3.04. The fourth-order valence-corrected chi connectivity index (χ4v) is 3.26. The van der Waals surface area contributed by atoms with Gasteiger partial charge >= 0.3 is 6.18 Å².